The first-order valence-corrected chi connectivity index (χ1v) is 10.2. The number of hydrogen-bond acceptors (Lipinski definition) is 7. The predicted molar refractivity (Wildman–Crippen MR) is 125 cm³/mol. The van der Waals surface area contributed by atoms with Crippen molar-refractivity contribution in [1.29, 1.82) is 0 Å². The Balaban J connectivity index is 0.00000363. The van der Waals surface area contributed by atoms with Gasteiger partial charge in [-0.05, 0) is 19.0 Å². The van der Waals surface area contributed by atoms with Crippen LogP contribution in [-0.2, 0) is 11.3 Å². The first-order valence-electron chi connectivity index (χ1n) is 10.2. The standard InChI is InChI=1S/C22H29N3O6.ClH/c1-4-7-25-16-14-18(30-3)17(29-2)13-15(16)20(26)19(22(25)28)21(27)23-6-5-8-24-9-11-31-12-10-24;/h4,13-14,26H,1,5-12H2,2-3H3,(H,23,27);1H. The lowest BCUT2D eigenvalue weighted by Gasteiger charge is -2.26. The molecule has 0 bridgehead atoms. The molecule has 1 saturated heterocycles. The van der Waals surface area contributed by atoms with E-state index >= 15 is 0 Å². The number of halogens is 1. The lowest BCUT2D eigenvalue weighted by atomic mass is 10.1. The van der Waals surface area contributed by atoms with Crippen molar-refractivity contribution in [3.63, 3.8) is 0 Å². The fourth-order valence-corrected chi connectivity index (χ4v) is 3.69. The first-order chi connectivity index (χ1) is 15.0. The molecule has 9 nitrogen and oxygen atoms in total. The molecule has 1 aliphatic heterocycles. The van der Waals surface area contributed by atoms with Crippen molar-refractivity contribution in [3.05, 3.63) is 40.7 Å². The van der Waals surface area contributed by atoms with Gasteiger partial charge in [-0.1, -0.05) is 6.08 Å². The highest BCUT2D eigenvalue weighted by Crippen LogP contribution is 2.36. The summed E-state index contributed by atoms with van der Waals surface area (Å²) >= 11 is 0. The maximum Gasteiger partial charge on any atom is 0.268 e. The fraction of sp³-hybridized carbons (Fsp3) is 0.455. The molecule has 0 unspecified atom stereocenters. The quantitative estimate of drug-likeness (QED) is 0.428. The zero-order chi connectivity index (χ0) is 22.4. The van der Waals surface area contributed by atoms with Gasteiger partial charge >= 0.3 is 0 Å². The van der Waals surface area contributed by atoms with Crippen LogP contribution in [0.4, 0.5) is 0 Å². The lowest BCUT2D eigenvalue weighted by Crippen LogP contribution is -2.38. The van der Waals surface area contributed by atoms with Gasteiger partial charge in [-0.3, -0.25) is 14.5 Å². The third-order valence-electron chi connectivity index (χ3n) is 5.32. The Morgan fingerprint density at radius 3 is 2.53 bits per heavy atom. The summed E-state index contributed by atoms with van der Waals surface area (Å²) in [5.74, 6) is -0.205. The number of nitrogens with one attached hydrogen (secondary N) is 1. The normalized spacial score (nSPS) is 13.9. The summed E-state index contributed by atoms with van der Waals surface area (Å²) in [4.78, 5) is 28.1. The molecule has 0 radical (unpaired) electrons. The van der Waals surface area contributed by atoms with Crippen LogP contribution in [0.3, 0.4) is 0 Å². The Morgan fingerprint density at radius 2 is 1.91 bits per heavy atom. The van der Waals surface area contributed by atoms with Gasteiger partial charge in [0.1, 0.15) is 11.3 Å². The number of ether oxygens (including phenoxy) is 3. The maximum absolute atomic E-state index is 13.1. The van der Waals surface area contributed by atoms with Crippen molar-refractivity contribution >= 4 is 29.2 Å². The Bertz CT molecular complexity index is 1020. The van der Waals surface area contributed by atoms with Gasteiger partial charge in [0, 0.05) is 37.6 Å². The molecule has 176 valence electrons. The van der Waals surface area contributed by atoms with E-state index in [0.717, 1.165) is 26.1 Å². The Labute approximate surface area is 193 Å². The number of hydrogen-bond donors (Lipinski definition) is 2. The maximum atomic E-state index is 13.1. The predicted octanol–water partition coefficient (Wildman–Crippen LogP) is 1.78. The first kappa shape index (κ1) is 25.5. The van der Waals surface area contributed by atoms with E-state index in [0.29, 0.717) is 42.2 Å². The zero-order valence-electron chi connectivity index (χ0n) is 18.4. The van der Waals surface area contributed by atoms with Crippen LogP contribution in [0, 0.1) is 0 Å². The molecule has 0 aliphatic carbocycles. The SMILES string of the molecule is C=CCn1c(=O)c(C(=O)NCCCN2CCOCC2)c(O)c2cc(OC)c(OC)cc21.Cl. The van der Waals surface area contributed by atoms with E-state index in [2.05, 4.69) is 16.8 Å². The lowest BCUT2D eigenvalue weighted by molar-refractivity contribution is 0.0374. The highest BCUT2D eigenvalue weighted by atomic mass is 35.5. The zero-order valence-corrected chi connectivity index (χ0v) is 19.2. The van der Waals surface area contributed by atoms with Gasteiger partial charge in [-0.25, -0.2) is 0 Å². The van der Waals surface area contributed by atoms with Crippen LogP contribution in [0.2, 0.25) is 0 Å². The number of rotatable bonds is 9. The van der Waals surface area contributed by atoms with Crippen molar-refractivity contribution in [2.24, 2.45) is 0 Å². The van der Waals surface area contributed by atoms with Crippen molar-refractivity contribution in [3.8, 4) is 17.2 Å². The number of aromatic hydroxyl groups is 1. The third kappa shape index (κ3) is 5.35. The second-order valence-corrected chi connectivity index (χ2v) is 7.22. The van der Waals surface area contributed by atoms with Crippen LogP contribution < -0.4 is 20.3 Å². The average Bonchev–Trinajstić information content (AvgIpc) is 2.79. The van der Waals surface area contributed by atoms with Gasteiger partial charge in [0.05, 0.1) is 33.0 Å². The van der Waals surface area contributed by atoms with E-state index in [1.807, 2.05) is 0 Å². The van der Waals surface area contributed by atoms with E-state index in [1.165, 1.54) is 18.8 Å². The topological polar surface area (TPSA) is 102 Å². The summed E-state index contributed by atoms with van der Waals surface area (Å²) < 4.78 is 17.3. The fourth-order valence-electron chi connectivity index (χ4n) is 3.69. The van der Waals surface area contributed by atoms with Gasteiger partial charge in [0.2, 0.25) is 0 Å². The van der Waals surface area contributed by atoms with Gasteiger partial charge in [0.25, 0.3) is 11.5 Å². The van der Waals surface area contributed by atoms with E-state index in [4.69, 9.17) is 14.2 Å². The number of pyridine rings is 1. The van der Waals surface area contributed by atoms with E-state index in [-0.39, 0.29) is 30.3 Å². The van der Waals surface area contributed by atoms with Gasteiger partial charge < -0.3 is 29.2 Å². The monoisotopic (exact) mass is 467 g/mol. The Morgan fingerprint density at radius 1 is 1.25 bits per heavy atom. The van der Waals surface area contributed by atoms with Crippen LogP contribution in [0.1, 0.15) is 16.8 Å². The number of nitrogens with zero attached hydrogens (tertiary/aromatic N) is 2. The van der Waals surface area contributed by atoms with Crippen LogP contribution in [-0.4, -0.2) is 74.1 Å². The number of methoxy groups -OCH3 is 2. The second-order valence-electron chi connectivity index (χ2n) is 7.22. The largest absolute Gasteiger partial charge is 0.506 e. The summed E-state index contributed by atoms with van der Waals surface area (Å²) in [5, 5.41) is 13.9. The summed E-state index contributed by atoms with van der Waals surface area (Å²) in [6.45, 7) is 8.25. The van der Waals surface area contributed by atoms with Crippen molar-refractivity contribution in [2.45, 2.75) is 13.0 Å². The van der Waals surface area contributed by atoms with E-state index in [9.17, 15) is 14.7 Å². The molecule has 3 rings (SSSR count). The van der Waals surface area contributed by atoms with Crippen molar-refractivity contribution in [2.75, 3.05) is 53.6 Å². The number of amides is 1. The molecule has 0 atom stereocenters. The summed E-state index contributed by atoms with van der Waals surface area (Å²) in [5.41, 5.74) is -0.473. The number of benzene rings is 1. The molecule has 2 heterocycles. The highest BCUT2D eigenvalue weighted by Gasteiger charge is 2.23. The number of carbonyl (C=O) groups is 1. The van der Waals surface area contributed by atoms with Gasteiger partial charge in [-0.15, -0.1) is 19.0 Å². The molecule has 32 heavy (non-hydrogen) atoms. The average molecular weight is 468 g/mol. The number of aromatic nitrogens is 1. The number of carbonyl (C=O) groups excluding carboxylic acids is 1. The molecule has 0 saturated carbocycles. The van der Waals surface area contributed by atoms with Gasteiger partial charge in [0.15, 0.2) is 11.5 Å². The molecular formula is C22H30ClN3O6. The number of fused-ring (bicyclic) bond motifs is 1. The van der Waals surface area contributed by atoms with Crippen LogP contribution >= 0.6 is 12.4 Å². The summed E-state index contributed by atoms with van der Waals surface area (Å²) in [6, 6.07) is 3.15. The Hall–Kier alpha value is -2.75. The van der Waals surface area contributed by atoms with Crippen molar-refractivity contribution in [1.82, 2.24) is 14.8 Å². The summed E-state index contributed by atoms with van der Waals surface area (Å²) in [6.07, 6.45) is 2.28. The number of allylic oxidation sites excluding steroid dienone is 1. The Kier molecular flexibility index (Phi) is 9.37. The minimum Gasteiger partial charge on any atom is -0.506 e. The van der Waals surface area contributed by atoms with E-state index < -0.39 is 11.5 Å². The summed E-state index contributed by atoms with van der Waals surface area (Å²) in [7, 11) is 2.96. The molecule has 10 heteroatoms. The molecule has 1 aliphatic rings. The second kappa shape index (κ2) is 11.8. The number of morpholine rings is 1. The molecule has 0 spiro atoms. The van der Waals surface area contributed by atoms with Gasteiger partial charge in [-0.2, -0.15) is 0 Å². The molecule has 1 fully saturated rings. The van der Waals surface area contributed by atoms with Crippen LogP contribution in [0.5, 0.6) is 17.2 Å². The van der Waals surface area contributed by atoms with Crippen molar-refractivity contribution < 1.29 is 24.1 Å². The smallest absolute Gasteiger partial charge is 0.268 e. The molecule has 2 aromatic rings. The highest BCUT2D eigenvalue weighted by molar-refractivity contribution is 6.03. The minimum atomic E-state index is -0.612. The molecular weight excluding hydrogens is 438 g/mol. The molecule has 1 aromatic heterocycles. The van der Waals surface area contributed by atoms with E-state index in [1.54, 1.807) is 18.2 Å². The molecule has 1 amide bonds. The molecule has 1 aromatic carbocycles. The minimum absolute atomic E-state index is 0. The van der Waals surface area contributed by atoms with Crippen LogP contribution in [0.25, 0.3) is 10.9 Å². The molecule has 2 N–H and O–H groups in total. The van der Waals surface area contributed by atoms with Crippen LogP contribution in [0.15, 0.2) is 29.6 Å². The third-order valence-corrected chi connectivity index (χ3v) is 5.32.